The summed E-state index contributed by atoms with van der Waals surface area (Å²) in [6.45, 7) is 4.17. The average molecular weight is 421 g/mol. The topological polar surface area (TPSA) is 70.0 Å². The molecular formula is C22H21ClN6O. The van der Waals surface area contributed by atoms with Crippen molar-refractivity contribution >= 4 is 28.3 Å². The Labute approximate surface area is 178 Å². The van der Waals surface area contributed by atoms with Crippen LogP contribution in [0.4, 0.5) is 5.69 Å². The largest absolute Gasteiger partial charge is 0.369 e. The lowest BCUT2D eigenvalue weighted by molar-refractivity contribution is 0.313. The third-order valence-electron chi connectivity index (χ3n) is 5.53. The Morgan fingerprint density at radius 1 is 1.00 bits per heavy atom. The molecule has 1 fully saturated rings. The number of fused-ring (bicyclic) bond motifs is 1. The molecule has 5 rings (SSSR count). The van der Waals surface area contributed by atoms with E-state index in [1.165, 1.54) is 16.4 Å². The highest BCUT2D eigenvalue weighted by atomic mass is 35.5. The molecule has 8 heteroatoms. The lowest BCUT2D eigenvalue weighted by Crippen LogP contribution is -2.44. The zero-order valence-electron chi connectivity index (χ0n) is 16.5. The fourth-order valence-corrected chi connectivity index (χ4v) is 3.99. The Morgan fingerprint density at radius 2 is 1.73 bits per heavy atom. The highest BCUT2D eigenvalue weighted by molar-refractivity contribution is 6.32. The fourth-order valence-electron chi connectivity index (χ4n) is 3.78. The Bertz CT molecular complexity index is 1250. The maximum atomic E-state index is 12.6. The van der Waals surface area contributed by atoms with Crippen LogP contribution in [0.15, 0.2) is 59.4 Å². The third-order valence-corrected chi connectivity index (χ3v) is 5.85. The second-order valence-electron chi connectivity index (χ2n) is 7.52. The van der Waals surface area contributed by atoms with Gasteiger partial charge in [-0.3, -0.25) is 9.89 Å². The Morgan fingerprint density at radius 3 is 2.47 bits per heavy atom. The van der Waals surface area contributed by atoms with Gasteiger partial charge in [0, 0.05) is 43.5 Å². The van der Waals surface area contributed by atoms with Gasteiger partial charge in [0.05, 0.1) is 16.2 Å². The van der Waals surface area contributed by atoms with Crippen molar-refractivity contribution < 1.29 is 0 Å². The van der Waals surface area contributed by atoms with Gasteiger partial charge < -0.3 is 9.80 Å². The molecule has 0 bridgehead atoms. The second kappa shape index (κ2) is 7.59. The zero-order valence-corrected chi connectivity index (χ0v) is 17.3. The number of rotatable bonds is 3. The normalized spacial score (nSPS) is 15.1. The molecule has 0 saturated carbocycles. The van der Waals surface area contributed by atoms with Gasteiger partial charge in [-0.1, -0.05) is 35.9 Å². The quantitative estimate of drug-likeness (QED) is 0.551. The highest BCUT2D eigenvalue weighted by Crippen LogP contribution is 2.27. The molecule has 7 nitrogen and oxygen atoms in total. The summed E-state index contributed by atoms with van der Waals surface area (Å²) in [5.74, 6) is 0. The molecule has 0 aliphatic carbocycles. The summed E-state index contributed by atoms with van der Waals surface area (Å²) in [4.78, 5) is 17.3. The number of hydrogen-bond donors (Lipinski definition) is 1. The van der Waals surface area contributed by atoms with Crippen LogP contribution in [0.2, 0.25) is 5.02 Å². The van der Waals surface area contributed by atoms with E-state index in [2.05, 4.69) is 56.4 Å². The molecule has 1 saturated heterocycles. The number of nitrogens with zero attached hydrogens (tertiary/aromatic N) is 5. The minimum absolute atomic E-state index is 0.267. The SMILES string of the molecule is CN1CCN(c2ccc(-c3n[nH]c4cc(=O)n(-c5ccccc5Cl)nc34)cc2)CC1. The van der Waals surface area contributed by atoms with Gasteiger partial charge in [0.1, 0.15) is 11.2 Å². The Kier molecular flexibility index (Phi) is 4.77. The smallest absolute Gasteiger partial charge is 0.273 e. The van der Waals surface area contributed by atoms with E-state index in [4.69, 9.17) is 11.6 Å². The molecular weight excluding hydrogens is 400 g/mol. The van der Waals surface area contributed by atoms with Crippen LogP contribution in [-0.4, -0.2) is 58.1 Å². The van der Waals surface area contributed by atoms with Crippen LogP contribution in [0.3, 0.4) is 0 Å². The lowest BCUT2D eigenvalue weighted by atomic mass is 10.1. The molecule has 2 aromatic heterocycles. The van der Waals surface area contributed by atoms with Crippen LogP contribution >= 0.6 is 11.6 Å². The molecule has 1 N–H and O–H groups in total. The molecule has 0 spiro atoms. The first-order chi connectivity index (χ1) is 14.6. The van der Waals surface area contributed by atoms with Gasteiger partial charge in [-0.2, -0.15) is 14.9 Å². The molecule has 1 aliphatic rings. The predicted molar refractivity (Wildman–Crippen MR) is 120 cm³/mol. The van der Waals surface area contributed by atoms with E-state index < -0.39 is 0 Å². The van der Waals surface area contributed by atoms with Gasteiger partial charge in [-0.05, 0) is 31.3 Å². The number of aromatic nitrogens is 4. The number of aromatic amines is 1. The monoisotopic (exact) mass is 420 g/mol. The first kappa shape index (κ1) is 18.8. The van der Waals surface area contributed by atoms with Gasteiger partial charge in [-0.15, -0.1) is 0 Å². The van der Waals surface area contributed by atoms with Crippen LogP contribution in [0.25, 0.3) is 28.0 Å². The molecule has 30 heavy (non-hydrogen) atoms. The standard InChI is InChI=1S/C22H21ClN6O/c1-27-10-12-28(13-11-27)16-8-6-15(7-9-16)21-22-18(24-25-21)14-20(30)29(26-22)19-5-3-2-4-17(19)23/h2-9,14,24H,10-13H2,1H3. The number of piperazine rings is 1. The molecule has 0 amide bonds. The maximum absolute atomic E-state index is 12.6. The van der Waals surface area contributed by atoms with Crippen molar-refractivity contribution in [3.05, 3.63) is 70.0 Å². The van der Waals surface area contributed by atoms with Crippen molar-refractivity contribution in [3.8, 4) is 16.9 Å². The van der Waals surface area contributed by atoms with Crippen LogP contribution in [0.1, 0.15) is 0 Å². The van der Waals surface area contributed by atoms with E-state index in [0.29, 0.717) is 27.4 Å². The second-order valence-corrected chi connectivity index (χ2v) is 7.92. The lowest BCUT2D eigenvalue weighted by Gasteiger charge is -2.34. The fraction of sp³-hybridized carbons (Fsp3) is 0.227. The average Bonchev–Trinajstić information content (AvgIpc) is 3.17. The van der Waals surface area contributed by atoms with Gasteiger partial charge in [-0.25, -0.2) is 0 Å². The summed E-state index contributed by atoms with van der Waals surface area (Å²) in [7, 11) is 2.15. The number of nitrogens with one attached hydrogen (secondary N) is 1. The number of halogens is 1. The predicted octanol–water partition coefficient (Wildman–Crippen LogP) is 3.18. The number of hydrogen-bond acceptors (Lipinski definition) is 5. The molecule has 4 aromatic rings. The van der Waals surface area contributed by atoms with Gasteiger partial charge in [0.2, 0.25) is 0 Å². The number of anilines is 1. The number of benzene rings is 2. The van der Waals surface area contributed by atoms with Crippen LogP contribution in [-0.2, 0) is 0 Å². The molecule has 0 unspecified atom stereocenters. The zero-order chi connectivity index (χ0) is 20.7. The van der Waals surface area contributed by atoms with E-state index >= 15 is 0 Å². The number of H-pyrrole nitrogens is 1. The molecule has 3 heterocycles. The van der Waals surface area contributed by atoms with E-state index in [9.17, 15) is 4.79 Å². The summed E-state index contributed by atoms with van der Waals surface area (Å²) in [5.41, 5.74) is 4.35. The molecule has 2 aromatic carbocycles. The summed E-state index contributed by atoms with van der Waals surface area (Å²) in [6, 6.07) is 17.0. The van der Waals surface area contributed by atoms with E-state index in [1.54, 1.807) is 12.1 Å². The van der Waals surface area contributed by atoms with E-state index in [0.717, 1.165) is 31.7 Å². The van der Waals surface area contributed by atoms with Crippen molar-refractivity contribution in [2.24, 2.45) is 0 Å². The van der Waals surface area contributed by atoms with E-state index in [-0.39, 0.29) is 5.56 Å². The first-order valence-electron chi connectivity index (χ1n) is 9.87. The van der Waals surface area contributed by atoms with Crippen molar-refractivity contribution in [3.63, 3.8) is 0 Å². The molecule has 0 radical (unpaired) electrons. The van der Waals surface area contributed by atoms with Crippen molar-refractivity contribution in [2.45, 2.75) is 0 Å². The van der Waals surface area contributed by atoms with Crippen molar-refractivity contribution in [1.82, 2.24) is 24.9 Å². The Balaban J connectivity index is 1.53. The van der Waals surface area contributed by atoms with Crippen LogP contribution < -0.4 is 10.5 Å². The van der Waals surface area contributed by atoms with Crippen molar-refractivity contribution in [1.29, 1.82) is 0 Å². The third kappa shape index (κ3) is 3.36. The minimum Gasteiger partial charge on any atom is -0.369 e. The number of para-hydroxylation sites is 1. The summed E-state index contributed by atoms with van der Waals surface area (Å²) >= 11 is 6.28. The van der Waals surface area contributed by atoms with Crippen molar-refractivity contribution in [2.75, 3.05) is 38.1 Å². The molecule has 152 valence electrons. The van der Waals surface area contributed by atoms with E-state index in [1.807, 2.05) is 12.1 Å². The first-order valence-corrected chi connectivity index (χ1v) is 10.3. The van der Waals surface area contributed by atoms with Gasteiger partial charge in [0.25, 0.3) is 5.56 Å². The maximum Gasteiger partial charge on any atom is 0.273 e. The highest BCUT2D eigenvalue weighted by Gasteiger charge is 2.17. The van der Waals surface area contributed by atoms with Gasteiger partial charge >= 0.3 is 0 Å². The molecule has 1 aliphatic heterocycles. The minimum atomic E-state index is -0.267. The van der Waals surface area contributed by atoms with Crippen LogP contribution in [0, 0.1) is 0 Å². The summed E-state index contributed by atoms with van der Waals surface area (Å²) in [5, 5.41) is 12.4. The van der Waals surface area contributed by atoms with Gasteiger partial charge in [0.15, 0.2) is 0 Å². The Hall–Kier alpha value is -3.16. The summed E-state index contributed by atoms with van der Waals surface area (Å²) < 4.78 is 1.32. The molecule has 0 atom stereocenters. The number of likely N-dealkylation sites (N-methyl/N-ethyl adjacent to an activating group) is 1. The summed E-state index contributed by atoms with van der Waals surface area (Å²) in [6.07, 6.45) is 0. The van der Waals surface area contributed by atoms with Crippen LogP contribution in [0.5, 0.6) is 0 Å².